The van der Waals surface area contributed by atoms with Gasteiger partial charge in [-0.05, 0) is 55.3 Å². The van der Waals surface area contributed by atoms with Crippen LogP contribution in [0.2, 0.25) is 0 Å². The highest BCUT2D eigenvalue weighted by Crippen LogP contribution is 2.62. The van der Waals surface area contributed by atoms with Gasteiger partial charge in [0.25, 0.3) is 0 Å². The molecule has 3 fully saturated rings. The van der Waals surface area contributed by atoms with E-state index in [0.29, 0.717) is 29.3 Å². The summed E-state index contributed by atoms with van der Waals surface area (Å²) in [7, 11) is 0. The molecule has 1 N–H and O–H groups in total. The van der Waals surface area contributed by atoms with Gasteiger partial charge in [0.2, 0.25) is 5.91 Å². The summed E-state index contributed by atoms with van der Waals surface area (Å²) in [5.41, 5.74) is 0.755. The summed E-state index contributed by atoms with van der Waals surface area (Å²) in [5, 5.41) is 3.65. The van der Waals surface area contributed by atoms with Crippen molar-refractivity contribution in [2.45, 2.75) is 65.3 Å². The van der Waals surface area contributed by atoms with E-state index in [4.69, 9.17) is 0 Å². The minimum atomic E-state index is 0.312. The molecule has 0 aromatic heterocycles. The second-order valence-electron chi connectivity index (χ2n) is 8.17. The predicted molar refractivity (Wildman–Crippen MR) is 81.5 cm³/mol. The first-order valence-electron chi connectivity index (χ1n) is 8.45. The summed E-state index contributed by atoms with van der Waals surface area (Å²) in [4.78, 5) is 14.4. The largest absolute Gasteiger partial charge is 0.342 e. The lowest BCUT2D eigenvalue weighted by molar-refractivity contribution is -0.131. The van der Waals surface area contributed by atoms with Crippen molar-refractivity contribution in [1.29, 1.82) is 0 Å². The smallest absolute Gasteiger partial charge is 0.236 e. The molecule has 20 heavy (non-hydrogen) atoms. The number of carbonyl (C=O) groups excluding carboxylic acids is 1. The minimum absolute atomic E-state index is 0.312. The number of nitrogens with one attached hydrogen (secondary N) is 1. The first-order chi connectivity index (χ1) is 9.43. The molecule has 3 heteroatoms. The van der Waals surface area contributed by atoms with E-state index in [1.54, 1.807) is 0 Å². The van der Waals surface area contributed by atoms with Gasteiger partial charge in [0, 0.05) is 19.1 Å². The van der Waals surface area contributed by atoms with Gasteiger partial charge in [0.15, 0.2) is 0 Å². The van der Waals surface area contributed by atoms with Gasteiger partial charge < -0.3 is 10.2 Å². The van der Waals surface area contributed by atoms with Gasteiger partial charge in [-0.3, -0.25) is 4.79 Å². The Morgan fingerprint density at radius 1 is 1.20 bits per heavy atom. The topological polar surface area (TPSA) is 32.3 Å². The average molecular weight is 278 g/mol. The van der Waals surface area contributed by atoms with Crippen LogP contribution in [0, 0.1) is 16.7 Å². The van der Waals surface area contributed by atoms with Gasteiger partial charge in [-0.1, -0.05) is 20.8 Å². The molecule has 3 aliphatic rings. The van der Waals surface area contributed by atoms with Crippen molar-refractivity contribution in [3.8, 4) is 0 Å². The van der Waals surface area contributed by atoms with E-state index in [0.717, 1.165) is 19.0 Å². The Kier molecular flexibility index (Phi) is 3.60. The molecule has 114 valence electrons. The molecule has 1 heterocycles. The molecule has 2 saturated carbocycles. The second kappa shape index (κ2) is 5.01. The maximum atomic E-state index is 12.3. The monoisotopic (exact) mass is 278 g/mol. The Labute approximate surface area is 123 Å². The number of nitrogens with zero attached hydrogens (tertiary/aromatic N) is 1. The van der Waals surface area contributed by atoms with Gasteiger partial charge in [-0.25, -0.2) is 0 Å². The van der Waals surface area contributed by atoms with Crippen LogP contribution in [0.15, 0.2) is 0 Å². The average Bonchev–Trinajstić information content (AvgIpc) is 2.90. The van der Waals surface area contributed by atoms with Crippen LogP contribution in [0.25, 0.3) is 0 Å². The molecule has 1 saturated heterocycles. The number of likely N-dealkylation sites (tertiary alicyclic amines) is 1. The van der Waals surface area contributed by atoms with Gasteiger partial charge in [0.1, 0.15) is 0 Å². The first kappa shape index (κ1) is 14.4. The molecule has 3 nitrogen and oxygen atoms in total. The van der Waals surface area contributed by atoms with Gasteiger partial charge in [-0.15, -0.1) is 0 Å². The molecule has 2 aliphatic carbocycles. The summed E-state index contributed by atoms with van der Waals surface area (Å²) in [6.07, 6.45) is 7.70. The highest BCUT2D eigenvalue weighted by atomic mass is 16.2. The maximum absolute atomic E-state index is 12.3. The number of rotatable bonds is 3. The number of carbonyl (C=O) groups is 1. The van der Waals surface area contributed by atoms with Gasteiger partial charge >= 0.3 is 0 Å². The fourth-order valence-corrected chi connectivity index (χ4v) is 5.26. The van der Waals surface area contributed by atoms with Gasteiger partial charge in [0.05, 0.1) is 6.54 Å². The number of fused-ring (bicyclic) bond motifs is 2. The third-order valence-electron chi connectivity index (χ3n) is 6.44. The Morgan fingerprint density at radius 2 is 1.90 bits per heavy atom. The van der Waals surface area contributed by atoms with E-state index in [1.807, 2.05) is 0 Å². The van der Waals surface area contributed by atoms with Crippen LogP contribution in [0.5, 0.6) is 0 Å². The SMILES string of the molecule is CC12CCC(C1)C(C)(C)C2NCC(=O)N1CCCCC1. The molecule has 0 aromatic rings. The van der Waals surface area contributed by atoms with E-state index < -0.39 is 0 Å². The normalized spacial score (nSPS) is 39.2. The van der Waals surface area contributed by atoms with Crippen LogP contribution in [0.1, 0.15) is 59.3 Å². The number of hydrogen-bond acceptors (Lipinski definition) is 2. The first-order valence-corrected chi connectivity index (χ1v) is 8.45. The Balaban J connectivity index is 1.59. The standard InChI is InChI=1S/C17H30N2O/c1-16(2)13-7-8-17(3,11-13)15(16)18-12-14(20)19-9-5-4-6-10-19/h13,15,18H,4-12H2,1-3H3. The zero-order valence-electron chi connectivity index (χ0n) is 13.4. The van der Waals surface area contributed by atoms with Crippen LogP contribution in [-0.2, 0) is 4.79 Å². The van der Waals surface area contributed by atoms with Crippen LogP contribution >= 0.6 is 0 Å². The summed E-state index contributed by atoms with van der Waals surface area (Å²) in [6, 6.07) is 0.502. The van der Waals surface area contributed by atoms with Crippen LogP contribution in [-0.4, -0.2) is 36.5 Å². The molecule has 0 spiro atoms. The van der Waals surface area contributed by atoms with Crippen LogP contribution < -0.4 is 5.32 Å². The van der Waals surface area contributed by atoms with E-state index in [1.165, 1.54) is 38.5 Å². The molecule has 1 amide bonds. The molecule has 3 atom stereocenters. The zero-order chi connectivity index (χ0) is 14.4. The van der Waals surface area contributed by atoms with Crippen molar-refractivity contribution < 1.29 is 4.79 Å². The molecule has 1 aliphatic heterocycles. The molecular weight excluding hydrogens is 248 g/mol. The lowest BCUT2D eigenvalue weighted by atomic mass is 9.68. The summed E-state index contributed by atoms with van der Waals surface area (Å²) < 4.78 is 0. The zero-order valence-corrected chi connectivity index (χ0v) is 13.4. The Morgan fingerprint density at radius 3 is 2.50 bits per heavy atom. The lowest BCUT2D eigenvalue weighted by Crippen LogP contribution is -2.53. The maximum Gasteiger partial charge on any atom is 0.236 e. The molecule has 2 bridgehead atoms. The van der Waals surface area contributed by atoms with Gasteiger partial charge in [-0.2, -0.15) is 0 Å². The highest BCUT2D eigenvalue weighted by molar-refractivity contribution is 5.78. The molecular formula is C17H30N2O. The van der Waals surface area contributed by atoms with Crippen molar-refractivity contribution in [2.24, 2.45) is 16.7 Å². The summed E-state index contributed by atoms with van der Waals surface area (Å²) in [6.45, 7) is 9.68. The van der Waals surface area contributed by atoms with Crippen molar-refractivity contribution in [3.05, 3.63) is 0 Å². The second-order valence-corrected chi connectivity index (χ2v) is 8.17. The summed E-state index contributed by atoms with van der Waals surface area (Å²) >= 11 is 0. The quantitative estimate of drug-likeness (QED) is 0.861. The van der Waals surface area contributed by atoms with E-state index in [-0.39, 0.29) is 0 Å². The molecule has 3 unspecified atom stereocenters. The molecule has 0 radical (unpaired) electrons. The Bertz CT molecular complexity index is 382. The third kappa shape index (κ3) is 2.28. The highest BCUT2D eigenvalue weighted by Gasteiger charge is 2.59. The van der Waals surface area contributed by atoms with Crippen LogP contribution in [0.3, 0.4) is 0 Å². The van der Waals surface area contributed by atoms with Crippen LogP contribution in [0.4, 0.5) is 0 Å². The van der Waals surface area contributed by atoms with Crippen molar-refractivity contribution in [1.82, 2.24) is 10.2 Å². The van der Waals surface area contributed by atoms with Crippen molar-refractivity contribution in [3.63, 3.8) is 0 Å². The number of piperidine rings is 1. The fourth-order valence-electron chi connectivity index (χ4n) is 5.26. The van der Waals surface area contributed by atoms with E-state index >= 15 is 0 Å². The summed E-state index contributed by atoms with van der Waals surface area (Å²) in [5.74, 6) is 1.15. The lowest BCUT2D eigenvalue weighted by Gasteiger charge is -2.43. The molecule has 0 aromatic carbocycles. The van der Waals surface area contributed by atoms with Crippen molar-refractivity contribution >= 4 is 5.91 Å². The Hall–Kier alpha value is -0.570. The number of amides is 1. The van der Waals surface area contributed by atoms with Crippen molar-refractivity contribution in [2.75, 3.05) is 19.6 Å². The predicted octanol–water partition coefficient (Wildman–Crippen LogP) is 2.80. The molecule has 3 rings (SSSR count). The van der Waals surface area contributed by atoms with E-state index in [9.17, 15) is 4.79 Å². The number of hydrogen-bond donors (Lipinski definition) is 1. The van der Waals surface area contributed by atoms with E-state index in [2.05, 4.69) is 31.0 Å². The fraction of sp³-hybridized carbons (Fsp3) is 0.941. The minimum Gasteiger partial charge on any atom is -0.342 e. The third-order valence-corrected chi connectivity index (χ3v) is 6.44.